The van der Waals surface area contributed by atoms with Crippen LogP contribution in [0.1, 0.15) is 12.8 Å². The lowest BCUT2D eigenvalue weighted by Gasteiger charge is -2.51. The highest BCUT2D eigenvalue weighted by Crippen LogP contribution is 2.38. The maximum atomic E-state index is 14.0. The fraction of sp³-hybridized carbons (Fsp3) is 0.950. The second kappa shape index (κ2) is 25.0. The highest BCUT2D eigenvalue weighted by Gasteiger charge is 2.63. The molecule has 0 aromatic rings. The average Bonchev–Trinajstić information content (AvgIpc) is 3.39. The molecule has 34 heteroatoms. The highest BCUT2D eigenvalue weighted by atomic mass is 16.8. The molecule has 0 aliphatic carbocycles. The van der Waals surface area contributed by atoms with Gasteiger partial charge in [-0.3, -0.25) is 9.59 Å². The summed E-state index contributed by atoms with van der Waals surface area (Å²) in [5.41, 5.74) is 30.2. The molecule has 430 valence electrons. The van der Waals surface area contributed by atoms with Crippen molar-refractivity contribution in [1.29, 1.82) is 0 Å². The van der Waals surface area contributed by atoms with E-state index in [4.69, 9.17) is 81.8 Å². The average molecular weight is 1090 g/mol. The van der Waals surface area contributed by atoms with Crippen molar-refractivity contribution in [2.75, 3.05) is 39.6 Å². The molecule has 0 radical (unpaired) electrons. The van der Waals surface area contributed by atoms with Crippen molar-refractivity contribution in [2.24, 2.45) is 34.4 Å². The van der Waals surface area contributed by atoms with E-state index in [0.717, 1.165) is 0 Å². The van der Waals surface area contributed by atoms with E-state index >= 15 is 0 Å². The molecular formula is C40H72N6O28. The summed E-state index contributed by atoms with van der Waals surface area (Å²) in [4.78, 5) is 28.1. The first-order valence-electron chi connectivity index (χ1n) is 23.5. The summed E-state index contributed by atoms with van der Waals surface area (Å²) in [6, 6.07) is -10.5. The molecule has 0 saturated carbocycles. The van der Waals surface area contributed by atoms with Gasteiger partial charge in [-0.15, -0.1) is 0 Å². The number of Topliss-reactive ketones (excluding diaryl/α,β-unsaturated/α-hetero) is 2. The van der Waals surface area contributed by atoms with Gasteiger partial charge in [-0.05, 0) is 0 Å². The van der Waals surface area contributed by atoms with E-state index in [1.807, 2.05) is 0 Å². The third-order valence-electron chi connectivity index (χ3n) is 14.5. The van der Waals surface area contributed by atoms with Crippen LogP contribution in [0.5, 0.6) is 0 Å². The van der Waals surface area contributed by atoms with Crippen LogP contribution < -0.4 is 34.4 Å². The summed E-state index contributed by atoms with van der Waals surface area (Å²) in [6.45, 7) is -5.78. The van der Waals surface area contributed by atoms with Gasteiger partial charge in [-0.2, -0.15) is 0 Å². The minimum Gasteiger partial charge on any atom is -0.394 e. The molecule has 6 heterocycles. The third-order valence-corrected chi connectivity index (χ3v) is 14.5. The first kappa shape index (κ1) is 61.3. The van der Waals surface area contributed by atoms with E-state index < -0.39 is 247 Å². The SMILES string of the molecule is N[C@H]1[C@H](OC2[C@@H](CO)O[C@@H](O)[C@H](N)[C@H]2O)O[C@H](CO)C(O[C@@H]2O[C@H](CO)[C@H](O)[C@@](O)(C(=O)CCC(=O)[C@@]3(O)[C@@H](N)[C@H](OC4[C@@H](CO)O[C@@H](OC5[C@@H](CO)O[C@@H](O)[C@H](N)[C@H]5O)[C@H](N)[C@H]4O)O[C@H](CO)[C@@H]3O)[C@H]2N)[C@@H]1O. The van der Waals surface area contributed by atoms with E-state index in [-0.39, 0.29) is 0 Å². The highest BCUT2D eigenvalue weighted by molar-refractivity contribution is 5.95. The molecule has 0 spiro atoms. The number of carbonyl (C=O) groups is 2. The Labute approximate surface area is 419 Å². The molecular weight excluding hydrogens is 1010 g/mol. The van der Waals surface area contributed by atoms with Crippen molar-refractivity contribution in [3.05, 3.63) is 0 Å². The standard InChI is InChI=1S/C40H72N6O28/c41-17-21(55)25(9(3-47)65-33(17)61)71-35-19(43)23(57)27(11(5-49)67-35)73-37-29(45)39(63,31(59)13(7-51)69-37)15(53)1-2-16(54)40(64)30(46)38(70-14(8-52)32(40)60)74-28-12(6-50)68-36(20(44)24(28)58)72-26-10(4-48)66-34(62)18(42)22(26)56/h9-14,17-38,47-52,55-64H,1-8,41-46H2/t9-,10-,11-,12-,13-,14-,17-,18-,19-,20-,21-,22-,23-,24-,25?,26?,27?,28?,29+,30+,31+,32+,33-,34-,35+,36+,37+,38+,39-,40-/m1/s1. The van der Waals surface area contributed by atoms with Gasteiger partial charge in [-0.25, -0.2) is 0 Å². The van der Waals surface area contributed by atoms with Gasteiger partial charge in [0.15, 0.2) is 60.5 Å². The number of hydrogen-bond donors (Lipinski definition) is 22. The Morgan fingerprint density at radius 1 is 0.378 bits per heavy atom. The predicted octanol–water partition coefficient (Wildman–Crippen LogP) is -15.7. The summed E-state index contributed by atoms with van der Waals surface area (Å²) >= 11 is 0. The maximum absolute atomic E-state index is 14.0. The first-order valence-corrected chi connectivity index (χ1v) is 23.5. The fourth-order valence-electron chi connectivity index (χ4n) is 9.80. The molecule has 6 aliphatic rings. The van der Waals surface area contributed by atoms with Crippen LogP contribution in [0.2, 0.25) is 0 Å². The summed E-state index contributed by atoms with van der Waals surface area (Å²) in [5, 5.41) is 171. The van der Waals surface area contributed by atoms with Crippen LogP contribution in [0.4, 0.5) is 0 Å². The van der Waals surface area contributed by atoms with E-state index in [1.54, 1.807) is 0 Å². The summed E-state index contributed by atoms with van der Waals surface area (Å²) < 4.78 is 56.0. The summed E-state index contributed by atoms with van der Waals surface area (Å²) in [6.07, 6.45) is -41.5. The summed E-state index contributed by atoms with van der Waals surface area (Å²) in [7, 11) is 0. The van der Waals surface area contributed by atoms with Crippen molar-refractivity contribution in [1.82, 2.24) is 0 Å². The molecule has 0 aromatic carbocycles. The number of aliphatic hydroxyl groups is 16. The molecule has 6 rings (SSSR count). The van der Waals surface area contributed by atoms with Crippen molar-refractivity contribution < 1.29 is 139 Å². The molecule has 34 nitrogen and oxygen atoms in total. The van der Waals surface area contributed by atoms with Gasteiger partial charge in [0.25, 0.3) is 0 Å². The van der Waals surface area contributed by atoms with Crippen LogP contribution in [0.15, 0.2) is 0 Å². The van der Waals surface area contributed by atoms with Crippen LogP contribution in [-0.2, 0) is 57.0 Å². The first-order chi connectivity index (χ1) is 34.8. The molecule has 0 bridgehead atoms. The molecule has 6 aliphatic heterocycles. The Hall–Kier alpha value is -1.94. The zero-order valence-corrected chi connectivity index (χ0v) is 39.3. The van der Waals surface area contributed by atoms with Crippen molar-refractivity contribution in [3.63, 3.8) is 0 Å². The predicted molar refractivity (Wildman–Crippen MR) is 231 cm³/mol. The number of rotatable bonds is 19. The van der Waals surface area contributed by atoms with E-state index in [0.29, 0.717) is 0 Å². The van der Waals surface area contributed by atoms with Gasteiger partial charge in [-0.1, -0.05) is 0 Å². The zero-order chi connectivity index (χ0) is 55.0. The van der Waals surface area contributed by atoms with Gasteiger partial charge in [0.1, 0.15) is 97.7 Å². The zero-order valence-electron chi connectivity index (χ0n) is 39.3. The van der Waals surface area contributed by atoms with Gasteiger partial charge in [0, 0.05) is 12.8 Å². The van der Waals surface area contributed by atoms with Gasteiger partial charge < -0.3 is 163 Å². The van der Waals surface area contributed by atoms with Crippen LogP contribution in [0.3, 0.4) is 0 Å². The Kier molecular flexibility index (Phi) is 20.7. The molecule has 6 saturated heterocycles. The normalized spacial score (nSPS) is 51.4. The fourth-order valence-corrected chi connectivity index (χ4v) is 9.80. The lowest BCUT2D eigenvalue weighted by molar-refractivity contribution is -0.352. The Balaban J connectivity index is 1.14. The summed E-state index contributed by atoms with van der Waals surface area (Å²) in [5.74, 6) is -2.92. The molecule has 28 N–H and O–H groups in total. The number of ether oxygens (including phenoxy) is 10. The second-order valence-electron chi connectivity index (χ2n) is 19.0. The Bertz CT molecular complexity index is 1710. The molecule has 0 aromatic heterocycles. The second-order valence-corrected chi connectivity index (χ2v) is 19.0. The third kappa shape index (κ3) is 11.4. The number of nitrogens with two attached hydrogens (primary N) is 6. The Morgan fingerprint density at radius 3 is 0.905 bits per heavy atom. The van der Waals surface area contributed by atoms with Crippen LogP contribution in [-0.4, -0.2) is 316 Å². The number of carbonyl (C=O) groups excluding carboxylic acids is 2. The maximum Gasteiger partial charge on any atom is 0.177 e. The minimum atomic E-state index is -3.21. The van der Waals surface area contributed by atoms with Gasteiger partial charge in [0.2, 0.25) is 0 Å². The van der Waals surface area contributed by atoms with Gasteiger partial charge in [0.05, 0.1) is 75.9 Å². The molecule has 0 amide bonds. The monoisotopic (exact) mass is 1080 g/mol. The van der Waals surface area contributed by atoms with Crippen LogP contribution >= 0.6 is 0 Å². The number of ketones is 2. The van der Waals surface area contributed by atoms with Crippen molar-refractivity contribution >= 4 is 11.6 Å². The minimum absolute atomic E-state index is 0.796. The lowest BCUT2D eigenvalue weighted by atomic mass is 9.75. The van der Waals surface area contributed by atoms with Crippen molar-refractivity contribution in [3.8, 4) is 0 Å². The number of aliphatic hydroxyl groups excluding tert-OH is 14. The lowest BCUT2D eigenvalue weighted by Crippen LogP contribution is -2.75. The molecule has 4 unspecified atom stereocenters. The van der Waals surface area contributed by atoms with E-state index in [1.165, 1.54) is 0 Å². The van der Waals surface area contributed by atoms with Gasteiger partial charge >= 0.3 is 0 Å². The number of hydrogen-bond acceptors (Lipinski definition) is 34. The Morgan fingerprint density at radius 2 is 0.622 bits per heavy atom. The van der Waals surface area contributed by atoms with Crippen molar-refractivity contribution in [2.45, 2.75) is 196 Å². The van der Waals surface area contributed by atoms with E-state index in [9.17, 15) is 91.3 Å². The smallest absolute Gasteiger partial charge is 0.177 e. The molecule has 74 heavy (non-hydrogen) atoms. The largest absolute Gasteiger partial charge is 0.394 e. The topological polar surface area (TPSA) is 606 Å². The molecule has 30 atom stereocenters. The van der Waals surface area contributed by atoms with E-state index in [2.05, 4.69) is 0 Å². The quantitative estimate of drug-likeness (QED) is 0.0571. The molecule has 6 fully saturated rings. The van der Waals surface area contributed by atoms with Crippen LogP contribution in [0, 0.1) is 0 Å². The van der Waals surface area contributed by atoms with Crippen LogP contribution in [0.25, 0.3) is 0 Å².